The largest absolute Gasteiger partial charge is 0.493 e. The van der Waals surface area contributed by atoms with E-state index in [4.69, 9.17) is 20.1 Å². The van der Waals surface area contributed by atoms with Crippen LogP contribution in [0.3, 0.4) is 0 Å². The van der Waals surface area contributed by atoms with Crippen LogP contribution in [-0.2, 0) is 4.74 Å². The van der Waals surface area contributed by atoms with Gasteiger partial charge in [0.15, 0.2) is 0 Å². The first-order valence-electron chi connectivity index (χ1n) is 4.55. The normalized spacial score (nSPS) is 25.3. The van der Waals surface area contributed by atoms with Gasteiger partial charge in [0.1, 0.15) is 18.3 Å². The van der Waals surface area contributed by atoms with Gasteiger partial charge in [-0.2, -0.15) is 0 Å². The van der Waals surface area contributed by atoms with Gasteiger partial charge in [0, 0.05) is 0 Å². The summed E-state index contributed by atoms with van der Waals surface area (Å²) >= 11 is 0. The maximum absolute atomic E-state index is 9.05. The summed E-state index contributed by atoms with van der Waals surface area (Å²) in [5.74, 6) is 0. The van der Waals surface area contributed by atoms with E-state index in [2.05, 4.69) is 39.5 Å². The molecule has 0 aromatic heterocycles. The number of aliphatic hydroxyl groups is 3. The van der Waals surface area contributed by atoms with E-state index in [1.165, 1.54) is 12.3 Å². The van der Waals surface area contributed by atoms with Gasteiger partial charge < -0.3 is 20.1 Å². The van der Waals surface area contributed by atoms with Crippen LogP contribution in [-0.4, -0.2) is 40.2 Å². The maximum Gasteiger partial charge on any atom is 0.149 e. The van der Waals surface area contributed by atoms with Crippen molar-refractivity contribution in [3.8, 4) is 0 Å². The van der Waals surface area contributed by atoms with Crippen LogP contribution in [0, 0.1) is 0 Å². The Morgan fingerprint density at radius 2 is 1.44 bits per heavy atom. The van der Waals surface area contributed by atoms with Crippen molar-refractivity contribution in [3.05, 3.63) is 51.8 Å². The highest BCUT2D eigenvalue weighted by atomic mass is 16.5. The van der Waals surface area contributed by atoms with Crippen LogP contribution in [0.15, 0.2) is 51.8 Å². The minimum Gasteiger partial charge on any atom is -0.493 e. The maximum atomic E-state index is 9.05. The molecule has 0 aliphatic carbocycles. The van der Waals surface area contributed by atoms with Crippen molar-refractivity contribution in [2.45, 2.75) is 18.3 Å². The van der Waals surface area contributed by atoms with Crippen molar-refractivity contribution in [2.75, 3.05) is 6.61 Å². The molecule has 1 heterocycles. The Labute approximate surface area is 97.5 Å². The van der Waals surface area contributed by atoms with Crippen LogP contribution in [0.1, 0.15) is 0 Å². The highest BCUT2D eigenvalue weighted by molar-refractivity contribution is 4.96. The molecule has 0 amide bonds. The Kier molecular flexibility index (Phi) is 20.2. The third-order valence-electron chi connectivity index (χ3n) is 1.44. The molecule has 0 bridgehead atoms. The van der Waals surface area contributed by atoms with E-state index in [9.17, 15) is 0 Å². The third kappa shape index (κ3) is 7.99. The van der Waals surface area contributed by atoms with E-state index in [1.54, 1.807) is 0 Å². The number of rotatable bonds is 1. The third-order valence-corrected chi connectivity index (χ3v) is 1.44. The van der Waals surface area contributed by atoms with E-state index >= 15 is 0 Å². The van der Waals surface area contributed by atoms with Crippen molar-refractivity contribution in [1.29, 1.82) is 0 Å². The number of hydrogen-bond acceptors (Lipinski definition) is 4. The van der Waals surface area contributed by atoms with Crippen molar-refractivity contribution in [1.82, 2.24) is 0 Å². The van der Waals surface area contributed by atoms with Crippen molar-refractivity contribution in [3.63, 3.8) is 0 Å². The second-order valence-electron chi connectivity index (χ2n) is 2.17. The highest BCUT2D eigenvalue weighted by Crippen LogP contribution is 2.10. The predicted octanol–water partition coefficient (Wildman–Crippen LogP) is 1.02. The molecule has 0 aromatic carbocycles. The Balaban J connectivity index is -0.000000245. The lowest BCUT2D eigenvalue weighted by atomic mass is 10.1. The molecule has 0 spiro atoms. The molecule has 0 saturated heterocycles. The molecule has 4 heteroatoms. The summed E-state index contributed by atoms with van der Waals surface area (Å²) in [6.45, 7) is 17.7. The zero-order chi connectivity index (χ0) is 13.6. The minimum atomic E-state index is -1.02. The minimum absolute atomic E-state index is 0.289. The zero-order valence-corrected chi connectivity index (χ0v) is 9.59. The van der Waals surface area contributed by atoms with E-state index in [0.29, 0.717) is 0 Å². The van der Waals surface area contributed by atoms with Gasteiger partial charge in [-0.25, -0.2) is 0 Å². The van der Waals surface area contributed by atoms with E-state index in [-0.39, 0.29) is 6.61 Å². The second kappa shape index (κ2) is 16.1. The summed E-state index contributed by atoms with van der Waals surface area (Å²) in [7, 11) is 0. The highest BCUT2D eigenvalue weighted by Gasteiger charge is 2.27. The summed E-state index contributed by atoms with van der Waals surface area (Å²) in [4.78, 5) is 0. The van der Waals surface area contributed by atoms with Crippen LogP contribution < -0.4 is 0 Å². The molecule has 3 atom stereocenters. The molecule has 0 saturated carbocycles. The van der Waals surface area contributed by atoms with Gasteiger partial charge in [-0.3, -0.25) is 0 Å². The summed E-state index contributed by atoms with van der Waals surface area (Å²) < 4.78 is 4.77. The Hall–Kier alpha value is -1.36. The quantitative estimate of drug-likeness (QED) is 0.588. The van der Waals surface area contributed by atoms with Gasteiger partial charge in [0.25, 0.3) is 0 Å². The molecule has 0 fully saturated rings. The summed E-state index contributed by atoms with van der Waals surface area (Å²) in [5, 5.41) is 26.6. The molecule has 0 radical (unpaired) electrons. The van der Waals surface area contributed by atoms with Gasteiger partial charge in [-0.1, -0.05) is 0 Å². The van der Waals surface area contributed by atoms with Gasteiger partial charge in [-0.15, -0.1) is 39.5 Å². The van der Waals surface area contributed by atoms with Crippen molar-refractivity contribution in [2.24, 2.45) is 0 Å². The molecule has 3 N–H and O–H groups in total. The molecule has 0 aromatic rings. The SMILES string of the molecule is C=C.C=C.C=C.OC[C@H]1OC=C[C@@H](O)[C@@H]1O. The molecular weight excluding hydrogens is 208 g/mol. The molecule has 16 heavy (non-hydrogen) atoms. The Morgan fingerprint density at radius 3 is 1.75 bits per heavy atom. The molecule has 0 unspecified atom stereocenters. The molecule has 1 aliphatic rings. The smallest absolute Gasteiger partial charge is 0.149 e. The topological polar surface area (TPSA) is 69.9 Å². The lowest BCUT2D eigenvalue weighted by Crippen LogP contribution is -2.42. The monoisotopic (exact) mass is 230 g/mol. The first kappa shape index (κ1) is 20.1. The summed E-state index contributed by atoms with van der Waals surface area (Å²) in [6, 6.07) is 0. The first-order valence-corrected chi connectivity index (χ1v) is 4.55. The average molecular weight is 230 g/mol. The lowest BCUT2D eigenvalue weighted by molar-refractivity contribution is -0.0808. The molecule has 4 nitrogen and oxygen atoms in total. The lowest BCUT2D eigenvalue weighted by Gasteiger charge is -2.26. The fourth-order valence-electron chi connectivity index (χ4n) is 0.792. The zero-order valence-electron chi connectivity index (χ0n) is 9.59. The van der Waals surface area contributed by atoms with Crippen LogP contribution in [0.5, 0.6) is 0 Å². The molecular formula is C12H22O4. The van der Waals surface area contributed by atoms with Crippen LogP contribution >= 0.6 is 0 Å². The predicted molar refractivity (Wildman–Crippen MR) is 66.9 cm³/mol. The number of hydrogen-bond donors (Lipinski definition) is 3. The van der Waals surface area contributed by atoms with Crippen LogP contribution in [0.2, 0.25) is 0 Å². The van der Waals surface area contributed by atoms with E-state index in [0.717, 1.165) is 0 Å². The van der Waals surface area contributed by atoms with Gasteiger partial charge in [0.2, 0.25) is 0 Å². The Bertz CT molecular complexity index is 166. The van der Waals surface area contributed by atoms with Gasteiger partial charge in [0.05, 0.1) is 12.9 Å². The number of aliphatic hydroxyl groups excluding tert-OH is 3. The fraction of sp³-hybridized carbons (Fsp3) is 0.333. The summed E-state index contributed by atoms with van der Waals surface area (Å²) in [6.07, 6.45) is -0.0318. The molecule has 1 aliphatic heterocycles. The second-order valence-corrected chi connectivity index (χ2v) is 2.17. The standard InChI is InChI=1S/C6H10O4.3C2H4/c7-3-5-6(9)4(8)1-2-10-5;3*1-2/h1-2,4-9H,3H2;3*1-2H2/t4-,5-,6+;;;/m1.../s1. The Morgan fingerprint density at radius 1 is 1.00 bits per heavy atom. The van der Waals surface area contributed by atoms with E-state index < -0.39 is 18.3 Å². The van der Waals surface area contributed by atoms with Gasteiger partial charge in [-0.05, 0) is 6.08 Å². The van der Waals surface area contributed by atoms with Crippen LogP contribution in [0.4, 0.5) is 0 Å². The van der Waals surface area contributed by atoms with Crippen LogP contribution in [0.25, 0.3) is 0 Å². The molecule has 94 valence electrons. The average Bonchev–Trinajstić information content (AvgIpc) is 2.40. The first-order chi connectivity index (χ1) is 7.75. The fourth-order valence-corrected chi connectivity index (χ4v) is 0.792. The summed E-state index contributed by atoms with van der Waals surface area (Å²) in [5.41, 5.74) is 0. The van der Waals surface area contributed by atoms with Gasteiger partial charge >= 0.3 is 0 Å². The number of ether oxygens (including phenoxy) is 1. The van der Waals surface area contributed by atoms with E-state index in [1.807, 2.05) is 0 Å². The molecule has 1 rings (SSSR count). The van der Waals surface area contributed by atoms with Crippen molar-refractivity contribution >= 4 is 0 Å². The van der Waals surface area contributed by atoms with Crippen molar-refractivity contribution < 1.29 is 20.1 Å².